The van der Waals surface area contributed by atoms with Crippen LogP contribution in [0.3, 0.4) is 0 Å². The molecule has 0 aromatic heterocycles. The molecule has 0 amide bonds. The summed E-state index contributed by atoms with van der Waals surface area (Å²) in [5.41, 5.74) is 0. The number of hydrogen-bond acceptors (Lipinski definition) is 5. The molecule has 0 spiro atoms. The van der Waals surface area contributed by atoms with Crippen molar-refractivity contribution in [1.82, 2.24) is 0 Å². The summed E-state index contributed by atoms with van der Waals surface area (Å²) in [5, 5.41) is 8.53. The second kappa shape index (κ2) is 3.94. The summed E-state index contributed by atoms with van der Waals surface area (Å²) < 4.78 is 24.3. The number of ether oxygens (including phenoxy) is 1. The molecule has 1 fully saturated rings. The van der Waals surface area contributed by atoms with E-state index in [9.17, 15) is 9.00 Å². The fourth-order valence-electron chi connectivity index (χ4n) is 0.800. The monoisotopic (exact) mass is 196 g/mol. The van der Waals surface area contributed by atoms with Gasteiger partial charge < -0.3 is 9.84 Å². The third-order valence-electron chi connectivity index (χ3n) is 1.30. The Bertz CT molecular complexity index is 204. The van der Waals surface area contributed by atoms with E-state index in [2.05, 4.69) is 13.1 Å². The molecule has 1 heterocycles. The highest BCUT2D eigenvalue weighted by molar-refractivity contribution is 7.75. The molecule has 12 heavy (non-hydrogen) atoms. The molecule has 0 radical (unpaired) electrons. The molecule has 70 valence electrons. The van der Waals surface area contributed by atoms with Gasteiger partial charge in [-0.05, 0) is 0 Å². The van der Waals surface area contributed by atoms with Gasteiger partial charge in [0.2, 0.25) is 6.10 Å². The Morgan fingerprint density at radius 2 is 2.33 bits per heavy atom. The lowest BCUT2D eigenvalue weighted by Gasteiger charge is -2.08. The predicted molar refractivity (Wildman–Crippen MR) is 37.4 cm³/mol. The van der Waals surface area contributed by atoms with Crippen LogP contribution in [0.1, 0.15) is 0 Å². The van der Waals surface area contributed by atoms with Gasteiger partial charge in [-0.2, -0.15) is 4.21 Å². The Morgan fingerprint density at radius 1 is 1.67 bits per heavy atom. The normalized spacial score (nSPS) is 35.2. The molecule has 6 nitrogen and oxygen atoms in total. The molecule has 0 saturated carbocycles. The average Bonchev–Trinajstić information content (AvgIpc) is 2.32. The molecule has 0 aliphatic carbocycles. The van der Waals surface area contributed by atoms with E-state index < -0.39 is 29.5 Å². The van der Waals surface area contributed by atoms with Crippen molar-refractivity contribution in [2.45, 2.75) is 12.2 Å². The van der Waals surface area contributed by atoms with Gasteiger partial charge in [0, 0.05) is 7.11 Å². The second-order valence-corrected chi connectivity index (χ2v) is 2.94. The van der Waals surface area contributed by atoms with Gasteiger partial charge in [-0.25, -0.2) is 4.79 Å². The summed E-state index contributed by atoms with van der Waals surface area (Å²) in [7, 11) is 1.39. The highest BCUT2D eigenvalue weighted by Crippen LogP contribution is 2.17. The van der Waals surface area contributed by atoms with Gasteiger partial charge in [0.15, 0.2) is 0 Å². The Morgan fingerprint density at radius 3 is 2.83 bits per heavy atom. The van der Waals surface area contributed by atoms with Crippen LogP contribution >= 0.6 is 0 Å². The lowest BCUT2D eigenvalue weighted by atomic mass is 10.2. The number of carboxylic acids is 1. The van der Waals surface area contributed by atoms with E-state index in [1.165, 1.54) is 7.11 Å². The zero-order valence-electron chi connectivity index (χ0n) is 6.26. The Kier molecular flexibility index (Phi) is 3.15. The van der Waals surface area contributed by atoms with Crippen LogP contribution in [-0.2, 0) is 29.3 Å². The molecule has 1 unspecified atom stereocenters. The van der Waals surface area contributed by atoms with Gasteiger partial charge in [0.1, 0.15) is 6.10 Å². The Hall–Kier alpha value is -0.500. The van der Waals surface area contributed by atoms with Gasteiger partial charge in [-0.3, -0.25) is 8.37 Å². The molecule has 1 rings (SSSR count). The van der Waals surface area contributed by atoms with Gasteiger partial charge in [-0.15, -0.1) is 0 Å². The van der Waals surface area contributed by atoms with Crippen LogP contribution in [0.5, 0.6) is 0 Å². The third kappa shape index (κ3) is 2.01. The van der Waals surface area contributed by atoms with Crippen molar-refractivity contribution in [1.29, 1.82) is 0 Å². The zero-order valence-corrected chi connectivity index (χ0v) is 7.08. The quantitative estimate of drug-likeness (QED) is 0.628. The van der Waals surface area contributed by atoms with Crippen molar-refractivity contribution < 1.29 is 27.2 Å². The van der Waals surface area contributed by atoms with E-state index in [4.69, 9.17) is 5.11 Å². The number of carbonyl (C=O) groups is 1. The molecule has 0 aromatic carbocycles. The van der Waals surface area contributed by atoms with Crippen LogP contribution in [0.4, 0.5) is 0 Å². The molecular weight excluding hydrogens is 188 g/mol. The first-order valence-corrected chi connectivity index (χ1v) is 4.13. The van der Waals surface area contributed by atoms with Crippen LogP contribution in [0.2, 0.25) is 0 Å². The Labute approximate surface area is 71.3 Å². The topological polar surface area (TPSA) is 82.1 Å². The van der Waals surface area contributed by atoms with Crippen molar-refractivity contribution in [2.75, 3.05) is 13.7 Å². The summed E-state index contributed by atoms with van der Waals surface area (Å²) in [5.74, 6) is -1.21. The molecule has 1 N–H and O–H groups in total. The van der Waals surface area contributed by atoms with Crippen molar-refractivity contribution in [2.24, 2.45) is 0 Å². The van der Waals surface area contributed by atoms with Crippen LogP contribution in [0.15, 0.2) is 0 Å². The first-order chi connectivity index (χ1) is 5.65. The maximum Gasteiger partial charge on any atom is 0.337 e. The molecular formula is C5H8O6S. The number of aliphatic carboxylic acids is 1. The zero-order chi connectivity index (χ0) is 9.14. The minimum atomic E-state index is -1.97. The van der Waals surface area contributed by atoms with Crippen LogP contribution in [-0.4, -0.2) is 41.2 Å². The van der Waals surface area contributed by atoms with Crippen molar-refractivity contribution in [3.8, 4) is 0 Å². The van der Waals surface area contributed by atoms with Gasteiger partial charge >= 0.3 is 17.3 Å². The summed E-state index contributed by atoms with van der Waals surface area (Å²) in [6.07, 6.45) is -2.00. The van der Waals surface area contributed by atoms with E-state index in [1.807, 2.05) is 0 Å². The minimum absolute atomic E-state index is 0.0444. The third-order valence-corrected chi connectivity index (χ3v) is 2.07. The van der Waals surface area contributed by atoms with Gasteiger partial charge in [0.05, 0.1) is 6.61 Å². The largest absolute Gasteiger partial charge is 0.479 e. The summed E-state index contributed by atoms with van der Waals surface area (Å²) in [6.45, 7) is 0.0444. The predicted octanol–water partition coefficient (Wildman–Crippen LogP) is -0.920. The van der Waals surface area contributed by atoms with E-state index in [1.54, 1.807) is 0 Å². The standard InChI is InChI=1S/C5H8O6S/c1-9-2-3-4(5(6)7)11-12(8)10-3/h3-4H,2H2,1H3,(H,6,7)/t3-,4+,12?/m1/s1. The first kappa shape index (κ1) is 9.59. The highest BCUT2D eigenvalue weighted by atomic mass is 32.2. The van der Waals surface area contributed by atoms with E-state index >= 15 is 0 Å². The lowest BCUT2D eigenvalue weighted by Crippen LogP contribution is -2.34. The molecule has 3 atom stereocenters. The van der Waals surface area contributed by atoms with Crippen LogP contribution < -0.4 is 0 Å². The Balaban J connectivity index is 2.59. The minimum Gasteiger partial charge on any atom is -0.479 e. The maximum absolute atomic E-state index is 10.6. The molecule has 0 bridgehead atoms. The molecule has 1 aliphatic rings. The number of methoxy groups -OCH3 is 1. The van der Waals surface area contributed by atoms with Gasteiger partial charge in [0.25, 0.3) is 0 Å². The molecule has 1 saturated heterocycles. The highest BCUT2D eigenvalue weighted by Gasteiger charge is 2.40. The lowest BCUT2D eigenvalue weighted by molar-refractivity contribution is -0.146. The summed E-state index contributed by atoms with van der Waals surface area (Å²) in [4.78, 5) is 10.4. The smallest absolute Gasteiger partial charge is 0.337 e. The van der Waals surface area contributed by atoms with Crippen molar-refractivity contribution >= 4 is 17.3 Å². The van der Waals surface area contributed by atoms with Crippen molar-refractivity contribution in [3.05, 3.63) is 0 Å². The van der Waals surface area contributed by atoms with E-state index in [0.717, 1.165) is 0 Å². The maximum atomic E-state index is 10.6. The van der Waals surface area contributed by atoms with Crippen LogP contribution in [0.25, 0.3) is 0 Å². The molecule has 1 aliphatic heterocycles. The van der Waals surface area contributed by atoms with Gasteiger partial charge in [-0.1, -0.05) is 0 Å². The summed E-state index contributed by atoms with van der Waals surface area (Å²) >= 11 is -1.97. The van der Waals surface area contributed by atoms with Crippen molar-refractivity contribution in [3.63, 3.8) is 0 Å². The summed E-state index contributed by atoms with van der Waals surface area (Å²) in [6, 6.07) is 0. The van der Waals surface area contributed by atoms with E-state index in [-0.39, 0.29) is 6.61 Å². The number of hydrogen-bond donors (Lipinski definition) is 1. The average molecular weight is 196 g/mol. The first-order valence-electron chi connectivity index (χ1n) is 3.13. The fraction of sp³-hybridized carbons (Fsp3) is 0.800. The molecule has 0 aromatic rings. The van der Waals surface area contributed by atoms with Crippen LogP contribution in [0, 0.1) is 0 Å². The SMILES string of the molecule is COC[C@H]1OS(=O)O[C@@H]1C(=O)O. The van der Waals surface area contributed by atoms with E-state index in [0.29, 0.717) is 0 Å². The molecule has 7 heteroatoms. The fourth-order valence-corrected chi connectivity index (χ4v) is 1.58. The number of rotatable bonds is 3. The number of carboxylic acid groups (broad SMARTS) is 1. The second-order valence-electron chi connectivity index (χ2n) is 2.15.